The quantitative estimate of drug-likeness (QED) is 0.0212. The highest BCUT2D eigenvalue weighted by atomic mass is 31.2. The first kappa shape index (κ1) is 69.5. The SMILES string of the molecule is CC/C=C/C/C=C/C/C=C/CCCCCCC(=O)NC(COP(=O)([O-])OCC[N+](C)(C)C)C(/C=C/CCCCCCCCCCCCC)OC(=O)CCCCCCCCCCC/C=C\C/C=C\CCCCC. The largest absolute Gasteiger partial charge is 0.756 e. The summed E-state index contributed by atoms with van der Waals surface area (Å²) < 4.78 is 30.3. The number of carbonyl (C=O) groups is 2. The number of esters is 1. The monoisotopic (exact) mass is 1030 g/mol. The van der Waals surface area contributed by atoms with Crippen molar-refractivity contribution in [2.45, 2.75) is 270 Å². The first-order chi connectivity index (χ1) is 34.9. The fourth-order valence-electron chi connectivity index (χ4n) is 8.27. The lowest BCUT2D eigenvalue weighted by Crippen LogP contribution is -2.47. The van der Waals surface area contributed by atoms with Gasteiger partial charge in [-0.05, 0) is 96.0 Å². The van der Waals surface area contributed by atoms with Crippen LogP contribution in [0.25, 0.3) is 0 Å². The summed E-state index contributed by atoms with van der Waals surface area (Å²) in [6.07, 6.45) is 65.8. The number of phosphoric acid groups is 1. The Morgan fingerprint density at radius 3 is 1.36 bits per heavy atom. The van der Waals surface area contributed by atoms with Crippen LogP contribution in [0.4, 0.5) is 0 Å². The van der Waals surface area contributed by atoms with E-state index in [1.165, 1.54) is 116 Å². The van der Waals surface area contributed by atoms with Crippen molar-refractivity contribution in [2.75, 3.05) is 40.9 Å². The second-order valence-electron chi connectivity index (χ2n) is 21.1. The molecule has 1 N–H and O–H groups in total. The van der Waals surface area contributed by atoms with Crippen LogP contribution in [-0.2, 0) is 27.9 Å². The van der Waals surface area contributed by atoms with Crippen LogP contribution in [0.5, 0.6) is 0 Å². The van der Waals surface area contributed by atoms with Gasteiger partial charge in [0.1, 0.15) is 19.3 Å². The summed E-state index contributed by atoms with van der Waals surface area (Å²) in [7, 11) is 1.16. The third kappa shape index (κ3) is 52.3. The molecule has 0 spiro atoms. The minimum Gasteiger partial charge on any atom is -0.756 e. The van der Waals surface area contributed by atoms with Gasteiger partial charge in [0.25, 0.3) is 7.82 Å². The van der Waals surface area contributed by atoms with Gasteiger partial charge in [-0.3, -0.25) is 14.2 Å². The molecule has 0 radical (unpaired) electrons. The van der Waals surface area contributed by atoms with Crippen LogP contribution in [0.1, 0.15) is 258 Å². The Labute approximate surface area is 444 Å². The summed E-state index contributed by atoms with van der Waals surface area (Å²) in [5.74, 6) is -0.571. The minimum atomic E-state index is -4.70. The average molecular weight is 1030 g/mol. The second kappa shape index (κ2) is 51.9. The molecule has 0 saturated heterocycles. The molecule has 0 bridgehead atoms. The van der Waals surface area contributed by atoms with Gasteiger partial charge < -0.3 is 28.5 Å². The summed E-state index contributed by atoms with van der Waals surface area (Å²) in [6, 6.07) is -0.903. The van der Waals surface area contributed by atoms with Crippen LogP contribution in [0.2, 0.25) is 0 Å². The molecule has 3 atom stereocenters. The maximum Gasteiger partial charge on any atom is 0.306 e. The average Bonchev–Trinajstić information content (AvgIpc) is 3.34. The van der Waals surface area contributed by atoms with E-state index in [4.69, 9.17) is 13.8 Å². The Kier molecular flexibility index (Phi) is 50.1. The van der Waals surface area contributed by atoms with E-state index in [1.54, 1.807) is 0 Å². The molecule has 0 saturated carbocycles. The van der Waals surface area contributed by atoms with Crippen molar-refractivity contribution in [3.05, 3.63) is 72.9 Å². The van der Waals surface area contributed by atoms with Gasteiger partial charge in [0, 0.05) is 12.8 Å². The van der Waals surface area contributed by atoms with Crippen LogP contribution in [-0.4, -0.2) is 69.4 Å². The Bertz CT molecular complexity index is 1460. The molecule has 0 aromatic carbocycles. The number of hydrogen-bond acceptors (Lipinski definition) is 7. The third-order valence-electron chi connectivity index (χ3n) is 12.9. The Morgan fingerprint density at radius 1 is 0.500 bits per heavy atom. The maximum absolute atomic E-state index is 13.5. The standard InChI is InChI=1S/C62H113N2O7P/c1-7-10-13-16-19-22-25-28-30-31-32-33-34-37-40-43-46-49-52-55-62(66)71-60(53-50-47-44-41-38-35-27-24-21-18-15-12-9-3)59(58-70-72(67,68)69-57-56-64(4,5)6)63-61(65)54-51-48-45-42-39-36-29-26-23-20-17-14-11-8-2/h11,14,19-20,22-23,28-30,36,50,53,59-60H,7-10,12-13,15-18,21,24-27,31-35,37-49,51-52,54-58H2,1-6H3,(H-,63,65,67,68)/b14-11+,22-19-,23-20+,30-28-,36-29+,53-50+. The van der Waals surface area contributed by atoms with Crippen molar-refractivity contribution in [1.29, 1.82) is 0 Å². The molecule has 0 aliphatic heterocycles. The van der Waals surface area contributed by atoms with Crippen LogP contribution in [0.15, 0.2) is 72.9 Å². The van der Waals surface area contributed by atoms with E-state index in [1.807, 2.05) is 33.3 Å². The van der Waals surface area contributed by atoms with Crippen LogP contribution < -0.4 is 10.2 Å². The molecule has 0 fully saturated rings. The molecule has 0 rings (SSSR count). The number of nitrogens with one attached hydrogen (secondary N) is 1. The number of likely N-dealkylation sites (N-methyl/N-ethyl adjacent to an activating group) is 1. The van der Waals surface area contributed by atoms with Crippen molar-refractivity contribution in [1.82, 2.24) is 5.32 Å². The molecule has 9 nitrogen and oxygen atoms in total. The summed E-state index contributed by atoms with van der Waals surface area (Å²) in [4.78, 5) is 39.9. The molecular formula is C62H113N2O7P. The van der Waals surface area contributed by atoms with E-state index in [0.29, 0.717) is 17.4 Å². The van der Waals surface area contributed by atoms with Crippen LogP contribution in [0.3, 0.4) is 0 Å². The molecule has 0 aliphatic carbocycles. The van der Waals surface area contributed by atoms with E-state index in [9.17, 15) is 19.0 Å². The first-order valence-corrected chi connectivity index (χ1v) is 31.2. The smallest absolute Gasteiger partial charge is 0.306 e. The number of hydrogen-bond donors (Lipinski definition) is 1. The number of carbonyl (C=O) groups excluding carboxylic acids is 2. The zero-order chi connectivity index (χ0) is 52.9. The third-order valence-corrected chi connectivity index (χ3v) is 13.8. The highest BCUT2D eigenvalue weighted by Gasteiger charge is 2.27. The molecular weight excluding hydrogens is 916 g/mol. The Hall–Kier alpha value is -2.55. The number of allylic oxidation sites excluding steroid dienone is 11. The normalized spacial score (nSPS) is 14.3. The van der Waals surface area contributed by atoms with Gasteiger partial charge in [-0.2, -0.15) is 0 Å². The van der Waals surface area contributed by atoms with Gasteiger partial charge in [0.15, 0.2) is 0 Å². The zero-order valence-electron chi connectivity index (χ0n) is 47.6. The van der Waals surface area contributed by atoms with Crippen molar-refractivity contribution in [3.63, 3.8) is 0 Å². The summed E-state index contributed by atoms with van der Waals surface area (Å²) in [5.41, 5.74) is 0. The maximum atomic E-state index is 13.5. The van der Waals surface area contributed by atoms with Crippen molar-refractivity contribution < 1.29 is 37.3 Å². The number of rotatable bonds is 53. The van der Waals surface area contributed by atoms with E-state index < -0.39 is 26.6 Å². The van der Waals surface area contributed by atoms with E-state index in [0.717, 1.165) is 103 Å². The van der Waals surface area contributed by atoms with Crippen molar-refractivity contribution >= 4 is 19.7 Å². The molecule has 10 heteroatoms. The Morgan fingerprint density at radius 2 is 0.889 bits per heavy atom. The fourth-order valence-corrected chi connectivity index (χ4v) is 8.99. The van der Waals surface area contributed by atoms with Crippen LogP contribution >= 0.6 is 7.82 Å². The summed E-state index contributed by atoms with van der Waals surface area (Å²) in [6.45, 7) is 6.69. The lowest BCUT2D eigenvalue weighted by atomic mass is 10.0. The van der Waals surface area contributed by atoms with Gasteiger partial charge in [-0.1, -0.05) is 222 Å². The van der Waals surface area contributed by atoms with E-state index >= 15 is 0 Å². The van der Waals surface area contributed by atoms with E-state index in [2.05, 4.69) is 86.8 Å². The van der Waals surface area contributed by atoms with Crippen LogP contribution in [0, 0.1) is 0 Å². The predicted octanol–water partition coefficient (Wildman–Crippen LogP) is 17.4. The number of quaternary nitrogens is 1. The topological polar surface area (TPSA) is 114 Å². The Balaban J connectivity index is 5.34. The number of amides is 1. The lowest BCUT2D eigenvalue weighted by Gasteiger charge is -2.30. The van der Waals surface area contributed by atoms with Gasteiger partial charge in [-0.15, -0.1) is 0 Å². The molecule has 3 unspecified atom stereocenters. The highest BCUT2D eigenvalue weighted by molar-refractivity contribution is 7.45. The highest BCUT2D eigenvalue weighted by Crippen LogP contribution is 2.38. The zero-order valence-corrected chi connectivity index (χ0v) is 48.5. The predicted molar refractivity (Wildman–Crippen MR) is 307 cm³/mol. The molecule has 1 amide bonds. The molecule has 418 valence electrons. The van der Waals surface area contributed by atoms with Gasteiger partial charge in [0.2, 0.25) is 5.91 Å². The molecule has 0 heterocycles. The van der Waals surface area contributed by atoms with Crippen molar-refractivity contribution in [3.8, 4) is 0 Å². The minimum absolute atomic E-state index is 0.0298. The number of nitrogens with zero attached hydrogens (tertiary/aromatic N) is 1. The summed E-state index contributed by atoms with van der Waals surface area (Å²) >= 11 is 0. The second-order valence-corrected chi connectivity index (χ2v) is 22.5. The first-order valence-electron chi connectivity index (χ1n) is 29.7. The molecule has 0 aliphatic rings. The number of phosphoric ester groups is 1. The number of ether oxygens (including phenoxy) is 1. The van der Waals surface area contributed by atoms with Gasteiger partial charge in [0.05, 0.1) is 33.8 Å². The van der Waals surface area contributed by atoms with Crippen molar-refractivity contribution in [2.24, 2.45) is 0 Å². The fraction of sp³-hybridized carbons (Fsp3) is 0.774. The van der Waals surface area contributed by atoms with Gasteiger partial charge in [-0.25, -0.2) is 0 Å². The summed E-state index contributed by atoms with van der Waals surface area (Å²) in [5, 5.41) is 3.01. The lowest BCUT2D eigenvalue weighted by molar-refractivity contribution is -0.870. The molecule has 72 heavy (non-hydrogen) atoms. The molecule has 0 aromatic heterocycles. The molecule has 0 aromatic rings. The van der Waals surface area contributed by atoms with E-state index in [-0.39, 0.29) is 31.3 Å². The number of unbranched alkanes of at least 4 members (excludes halogenated alkanes) is 27. The van der Waals surface area contributed by atoms with Gasteiger partial charge >= 0.3 is 5.97 Å².